The van der Waals surface area contributed by atoms with E-state index in [4.69, 9.17) is 4.74 Å². The summed E-state index contributed by atoms with van der Waals surface area (Å²) in [6.07, 6.45) is 4.73. The van der Waals surface area contributed by atoms with E-state index in [2.05, 4.69) is 4.90 Å². The van der Waals surface area contributed by atoms with Crippen LogP contribution < -0.4 is 0 Å². The molecular formula is C22H38N4O4. The molecule has 0 aromatic carbocycles. The third kappa shape index (κ3) is 6.33. The number of piperazine rings is 1. The summed E-state index contributed by atoms with van der Waals surface area (Å²) in [5, 5.41) is 0. The van der Waals surface area contributed by atoms with Gasteiger partial charge in [-0.05, 0) is 52.9 Å². The van der Waals surface area contributed by atoms with Gasteiger partial charge in [-0.2, -0.15) is 0 Å². The van der Waals surface area contributed by atoms with E-state index in [-0.39, 0.29) is 23.8 Å². The standard InChI is InChI=1S/C22H38N4O4/c1-22(2,3)30-21(29)26-11-7-8-18(16-26)20(28)25-14-12-23(13-15-25)17-19(27)24-9-5-4-6-10-24/h18H,4-17H2,1-3H3. The van der Waals surface area contributed by atoms with Crippen LogP contribution in [0.15, 0.2) is 0 Å². The van der Waals surface area contributed by atoms with Crippen molar-refractivity contribution in [2.45, 2.75) is 58.5 Å². The molecule has 0 saturated carbocycles. The Morgan fingerprint density at radius 3 is 2.07 bits per heavy atom. The molecule has 0 aliphatic carbocycles. The number of amides is 3. The number of carbonyl (C=O) groups is 3. The van der Waals surface area contributed by atoms with Gasteiger partial charge in [0.05, 0.1) is 12.5 Å². The molecule has 3 heterocycles. The van der Waals surface area contributed by atoms with E-state index in [0.717, 1.165) is 51.9 Å². The number of ether oxygens (including phenoxy) is 1. The van der Waals surface area contributed by atoms with Gasteiger partial charge in [0.15, 0.2) is 0 Å². The molecule has 8 heteroatoms. The largest absolute Gasteiger partial charge is 0.444 e. The molecule has 0 spiro atoms. The fourth-order valence-electron chi connectivity index (χ4n) is 4.49. The van der Waals surface area contributed by atoms with Crippen LogP contribution in [0.3, 0.4) is 0 Å². The normalized spacial score (nSPS) is 24.0. The van der Waals surface area contributed by atoms with Crippen molar-refractivity contribution < 1.29 is 19.1 Å². The number of rotatable bonds is 3. The van der Waals surface area contributed by atoms with E-state index in [1.54, 1.807) is 4.90 Å². The van der Waals surface area contributed by atoms with E-state index in [1.165, 1.54) is 6.42 Å². The molecule has 3 amide bonds. The lowest BCUT2D eigenvalue weighted by atomic mass is 9.96. The Labute approximate surface area is 180 Å². The summed E-state index contributed by atoms with van der Waals surface area (Å²) in [6, 6.07) is 0. The Balaban J connectivity index is 1.44. The average Bonchev–Trinajstić information content (AvgIpc) is 2.73. The summed E-state index contributed by atoms with van der Waals surface area (Å²) in [5.41, 5.74) is -0.532. The van der Waals surface area contributed by atoms with Crippen LogP contribution in [-0.4, -0.2) is 102 Å². The summed E-state index contributed by atoms with van der Waals surface area (Å²) in [7, 11) is 0. The molecule has 30 heavy (non-hydrogen) atoms. The fraction of sp³-hybridized carbons (Fsp3) is 0.864. The van der Waals surface area contributed by atoms with Gasteiger partial charge in [-0.15, -0.1) is 0 Å². The molecule has 3 aliphatic heterocycles. The van der Waals surface area contributed by atoms with Crippen molar-refractivity contribution in [3.8, 4) is 0 Å². The van der Waals surface area contributed by atoms with Crippen molar-refractivity contribution in [2.75, 3.05) is 58.9 Å². The minimum Gasteiger partial charge on any atom is -0.444 e. The molecule has 1 unspecified atom stereocenters. The molecule has 0 bridgehead atoms. The minimum absolute atomic E-state index is 0.130. The van der Waals surface area contributed by atoms with Crippen LogP contribution in [0.2, 0.25) is 0 Å². The van der Waals surface area contributed by atoms with Crippen LogP contribution in [0.4, 0.5) is 4.79 Å². The zero-order valence-corrected chi connectivity index (χ0v) is 18.9. The molecule has 0 N–H and O–H groups in total. The summed E-state index contributed by atoms with van der Waals surface area (Å²) in [6.45, 7) is 11.6. The van der Waals surface area contributed by atoms with Gasteiger partial charge in [0.2, 0.25) is 11.8 Å². The summed E-state index contributed by atoms with van der Waals surface area (Å²) in [5.74, 6) is 0.188. The molecule has 3 fully saturated rings. The number of piperidine rings is 2. The number of nitrogens with zero attached hydrogens (tertiary/aromatic N) is 4. The van der Waals surface area contributed by atoms with E-state index < -0.39 is 5.60 Å². The molecule has 3 rings (SSSR count). The Hall–Kier alpha value is -1.83. The second kappa shape index (κ2) is 9.98. The Bertz CT molecular complexity index is 619. The molecule has 0 aromatic heterocycles. The Morgan fingerprint density at radius 2 is 1.43 bits per heavy atom. The lowest BCUT2D eigenvalue weighted by molar-refractivity contribution is -0.139. The van der Waals surface area contributed by atoms with Gasteiger partial charge in [0.25, 0.3) is 0 Å². The summed E-state index contributed by atoms with van der Waals surface area (Å²) in [4.78, 5) is 45.6. The van der Waals surface area contributed by atoms with Crippen LogP contribution in [0.1, 0.15) is 52.9 Å². The first-order valence-corrected chi connectivity index (χ1v) is 11.5. The molecular weight excluding hydrogens is 384 g/mol. The highest BCUT2D eigenvalue weighted by Gasteiger charge is 2.34. The average molecular weight is 423 g/mol. The maximum atomic E-state index is 13.0. The minimum atomic E-state index is -0.532. The van der Waals surface area contributed by atoms with Crippen molar-refractivity contribution in [3.05, 3.63) is 0 Å². The SMILES string of the molecule is CC(C)(C)OC(=O)N1CCCC(C(=O)N2CCN(CC(=O)N3CCCCC3)CC2)C1. The first kappa shape index (κ1) is 22.8. The zero-order valence-electron chi connectivity index (χ0n) is 18.9. The van der Waals surface area contributed by atoms with Crippen molar-refractivity contribution in [1.29, 1.82) is 0 Å². The third-order valence-electron chi connectivity index (χ3n) is 6.17. The van der Waals surface area contributed by atoms with E-state index in [0.29, 0.717) is 32.7 Å². The Kier molecular flexibility index (Phi) is 7.60. The van der Waals surface area contributed by atoms with Crippen molar-refractivity contribution >= 4 is 17.9 Å². The smallest absolute Gasteiger partial charge is 0.410 e. The van der Waals surface area contributed by atoms with Crippen LogP contribution in [0.5, 0.6) is 0 Å². The van der Waals surface area contributed by atoms with E-state index >= 15 is 0 Å². The number of hydrogen-bond acceptors (Lipinski definition) is 5. The second-order valence-corrected chi connectivity index (χ2v) is 9.81. The molecule has 3 aliphatic rings. The van der Waals surface area contributed by atoms with Gasteiger partial charge < -0.3 is 19.4 Å². The van der Waals surface area contributed by atoms with E-state index in [1.807, 2.05) is 30.6 Å². The van der Waals surface area contributed by atoms with Gasteiger partial charge >= 0.3 is 6.09 Å². The van der Waals surface area contributed by atoms with Gasteiger partial charge in [-0.3, -0.25) is 14.5 Å². The maximum absolute atomic E-state index is 13.0. The first-order valence-electron chi connectivity index (χ1n) is 11.5. The maximum Gasteiger partial charge on any atom is 0.410 e. The zero-order chi connectivity index (χ0) is 21.7. The van der Waals surface area contributed by atoms with E-state index in [9.17, 15) is 14.4 Å². The Morgan fingerprint density at radius 1 is 0.800 bits per heavy atom. The topological polar surface area (TPSA) is 73.4 Å². The van der Waals surface area contributed by atoms with Crippen LogP contribution in [-0.2, 0) is 14.3 Å². The molecule has 1 atom stereocenters. The molecule has 170 valence electrons. The highest BCUT2D eigenvalue weighted by atomic mass is 16.6. The third-order valence-corrected chi connectivity index (χ3v) is 6.17. The molecule has 0 radical (unpaired) electrons. The van der Waals surface area contributed by atoms with Crippen molar-refractivity contribution in [3.63, 3.8) is 0 Å². The highest BCUT2D eigenvalue weighted by Crippen LogP contribution is 2.22. The molecule has 8 nitrogen and oxygen atoms in total. The number of likely N-dealkylation sites (tertiary alicyclic amines) is 2. The predicted molar refractivity (Wildman–Crippen MR) is 114 cm³/mol. The summed E-state index contributed by atoms with van der Waals surface area (Å²) >= 11 is 0. The van der Waals surface area contributed by atoms with Crippen molar-refractivity contribution in [1.82, 2.24) is 19.6 Å². The number of hydrogen-bond donors (Lipinski definition) is 0. The predicted octanol–water partition coefficient (Wildman–Crippen LogP) is 1.79. The lowest BCUT2D eigenvalue weighted by Crippen LogP contribution is -2.54. The molecule has 3 saturated heterocycles. The number of carbonyl (C=O) groups excluding carboxylic acids is 3. The van der Waals surface area contributed by atoms with Gasteiger partial charge in [0, 0.05) is 52.4 Å². The van der Waals surface area contributed by atoms with Gasteiger partial charge in [0.1, 0.15) is 5.60 Å². The molecule has 0 aromatic rings. The quantitative estimate of drug-likeness (QED) is 0.693. The fourth-order valence-corrected chi connectivity index (χ4v) is 4.49. The van der Waals surface area contributed by atoms with Gasteiger partial charge in [-0.1, -0.05) is 0 Å². The second-order valence-electron chi connectivity index (χ2n) is 9.81. The van der Waals surface area contributed by atoms with Crippen LogP contribution in [0.25, 0.3) is 0 Å². The summed E-state index contributed by atoms with van der Waals surface area (Å²) < 4.78 is 5.47. The van der Waals surface area contributed by atoms with Gasteiger partial charge in [-0.25, -0.2) is 4.79 Å². The highest BCUT2D eigenvalue weighted by molar-refractivity contribution is 5.80. The monoisotopic (exact) mass is 422 g/mol. The van der Waals surface area contributed by atoms with Crippen LogP contribution >= 0.6 is 0 Å². The lowest BCUT2D eigenvalue weighted by Gasteiger charge is -2.39. The van der Waals surface area contributed by atoms with Crippen molar-refractivity contribution in [2.24, 2.45) is 5.92 Å². The first-order chi connectivity index (χ1) is 14.2. The van der Waals surface area contributed by atoms with Crippen LogP contribution in [0, 0.1) is 5.92 Å².